The fourth-order valence-corrected chi connectivity index (χ4v) is 4.46. The van der Waals surface area contributed by atoms with Crippen molar-refractivity contribution in [2.75, 3.05) is 6.54 Å². The van der Waals surface area contributed by atoms with Crippen LogP contribution >= 0.6 is 0 Å². The molecule has 5 rings (SSSR count). The van der Waals surface area contributed by atoms with Gasteiger partial charge >= 0.3 is 0 Å². The summed E-state index contributed by atoms with van der Waals surface area (Å²) in [4.78, 5) is 22.8. The summed E-state index contributed by atoms with van der Waals surface area (Å²) >= 11 is 0. The molecule has 8 heteroatoms. The van der Waals surface area contributed by atoms with Crippen LogP contribution < -0.4 is 5.32 Å². The molecule has 2 unspecified atom stereocenters. The lowest BCUT2D eigenvalue weighted by Crippen LogP contribution is -2.47. The first-order valence-corrected chi connectivity index (χ1v) is 11.0. The molecule has 0 bridgehead atoms. The van der Waals surface area contributed by atoms with Gasteiger partial charge in [0.15, 0.2) is 5.82 Å². The number of aromatic nitrogens is 4. The quantitative estimate of drug-likeness (QED) is 0.622. The summed E-state index contributed by atoms with van der Waals surface area (Å²) < 4.78 is 5.76. The maximum Gasteiger partial charge on any atom is 0.289 e. The van der Waals surface area contributed by atoms with Gasteiger partial charge in [0.05, 0.1) is 17.6 Å². The molecule has 0 spiro atoms. The molecule has 0 radical (unpaired) electrons. The normalized spacial score (nSPS) is 21.8. The minimum absolute atomic E-state index is 0.0228. The minimum atomic E-state index is -0.0228. The van der Waals surface area contributed by atoms with Crippen molar-refractivity contribution in [3.8, 4) is 0 Å². The third-order valence-electron chi connectivity index (χ3n) is 6.23. The van der Waals surface area contributed by atoms with E-state index in [1.54, 1.807) is 0 Å². The molecule has 2 heterocycles. The molecule has 0 aliphatic heterocycles. The van der Waals surface area contributed by atoms with Gasteiger partial charge in [-0.25, -0.2) is 4.98 Å². The molecule has 30 heavy (non-hydrogen) atoms. The van der Waals surface area contributed by atoms with Crippen LogP contribution in [0.4, 0.5) is 0 Å². The van der Waals surface area contributed by atoms with E-state index in [0.29, 0.717) is 36.8 Å². The van der Waals surface area contributed by atoms with E-state index in [4.69, 9.17) is 4.42 Å². The van der Waals surface area contributed by atoms with E-state index >= 15 is 0 Å². The average molecular weight is 409 g/mol. The molecular formula is C22H28N6O2. The zero-order valence-corrected chi connectivity index (χ0v) is 17.3. The lowest BCUT2D eigenvalue weighted by molar-refractivity contribution is 0.0616. The number of fused-ring (bicyclic) bond motifs is 1. The summed E-state index contributed by atoms with van der Waals surface area (Å²) in [5.74, 6) is 2.32. The molecule has 2 aliphatic rings. The highest BCUT2D eigenvalue weighted by molar-refractivity contribution is 5.94. The molecule has 2 aliphatic carbocycles. The number of imidazole rings is 1. The molecule has 0 saturated heterocycles. The van der Waals surface area contributed by atoms with Crippen LogP contribution in [-0.2, 0) is 6.54 Å². The van der Waals surface area contributed by atoms with Crippen molar-refractivity contribution >= 4 is 16.9 Å². The van der Waals surface area contributed by atoms with E-state index in [2.05, 4.69) is 25.5 Å². The first-order valence-electron chi connectivity index (χ1n) is 11.0. The number of para-hydroxylation sites is 2. The Labute approximate surface area is 175 Å². The first kappa shape index (κ1) is 19.2. The van der Waals surface area contributed by atoms with Gasteiger partial charge in [0, 0.05) is 24.5 Å². The molecule has 2 fully saturated rings. The van der Waals surface area contributed by atoms with Gasteiger partial charge in [-0.15, -0.1) is 10.2 Å². The van der Waals surface area contributed by atoms with E-state index in [1.165, 1.54) is 0 Å². The van der Waals surface area contributed by atoms with E-state index in [9.17, 15) is 4.79 Å². The molecule has 2 aromatic heterocycles. The van der Waals surface area contributed by atoms with Gasteiger partial charge in [-0.2, -0.15) is 0 Å². The smallest absolute Gasteiger partial charge is 0.289 e. The molecule has 158 valence electrons. The Morgan fingerprint density at radius 2 is 2.10 bits per heavy atom. The summed E-state index contributed by atoms with van der Waals surface area (Å²) in [6.45, 7) is 3.29. The van der Waals surface area contributed by atoms with Crippen molar-refractivity contribution in [1.29, 1.82) is 0 Å². The van der Waals surface area contributed by atoms with Crippen LogP contribution in [0.5, 0.6) is 0 Å². The number of nitrogens with zero attached hydrogens (tertiary/aromatic N) is 4. The predicted octanol–water partition coefficient (Wildman–Crippen LogP) is 3.39. The van der Waals surface area contributed by atoms with Gasteiger partial charge in [-0.1, -0.05) is 12.1 Å². The maximum atomic E-state index is 13.2. The third kappa shape index (κ3) is 3.96. The molecule has 2 saturated carbocycles. The van der Waals surface area contributed by atoms with Crippen LogP contribution in [0, 0.1) is 0 Å². The zero-order valence-electron chi connectivity index (χ0n) is 17.3. The number of nitrogens with one attached hydrogen (secondary N) is 2. The zero-order chi connectivity index (χ0) is 20.5. The predicted molar refractivity (Wildman–Crippen MR) is 112 cm³/mol. The highest BCUT2D eigenvalue weighted by Crippen LogP contribution is 2.39. The van der Waals surface area contributed by atoms with Crippen molar-refractivity contribution in [1.82, 2.24) is 30.4 Å². The van der Waals surface area contributed by atoms with Crippen molar-refractivity contribution in [2.45, 2.75) is 70.0 Å². The molecule has 2 N–H and O–H groups in total. The average Bonchev–Trinajstić information content (AvgIpc) is 3.35. The minimum Gasteiger partial charge on any atom is -0.424 e. The number of aromatic amines is 1. The molecule has 2 atom stereocenters. The monoisotopic (exact) mass is 408 g/mol. The molecular weight excluding hydrogens is 380 g/mol. The van der Waals surface area contributed by atoms with Gasteiger partial charge < -0.3 is 19.6 Å². The SMILES string of the molecule is CCN(C(=O)c1nc2ccccc2[nH]1)C1CCCC(NCc2nnc(C3CC3)o2)C1. The number of rotatable bonds is 7. The van der Waals surface area contributed by atoms with E-state index < -0.39 is 0 Å². The Morgan fingerprint density at radius 1 is 1.23 bits per heavy atom. The van der Waals surface area contributed by atoms with Crippen LogP contribution in [0.25, 0.3) is 11.0 Å². The third-order valence-corrected chi connectivity index (χ3v) is 6.23. The van der Waals surface area contributed by atoms with Gasteiger partial charge in [0.25, 0.3) is 5.91 Å². The number of carbonyl (C=O) groups is 1. The van der Waals surface area contributed by atoms with Crippen LogP contribution in [0.3, 0.4) is 0 Å². The summed E-state index contributed by atoms with van der Waals surface area (Å²) in [7, 11) is 0. The van der Waals surface area contributed by atoms with Crippen LogP contribution in [0.15, 0.2) is 28.7 Å². The first-order chi connectivity index (χ1) is 14.7. The van der Waals surface area contributed by atoms with Gasteiger partial charge in [0.1, 0.15) is 0 Å². The lowest BCUT2D eigenvalue weighted by atomic mass is 9.89. The Kier molecular flexibility index (Phi) is 5.25. The summed E-state index contributed by atoms with van der Waals surface area (Å²) in [6, 6.07) is 8.28. The second kappa shape index (κ2) is 8.18. The number of hydrogen-bond acceptors (Lipinski definition) is 6. The largest absolute Gasteiger partial charge is 0.424 e. The van der Waals surface area contributed by atoms with Crippen LogP contribution in [0.2, 0.25) is 0 Å². The Hall–Kier alpha value is -2.74. The second-order valence-corrected chi connectivity index (χ2v) is 8.40. The number of hydrogen-bond donors (Lipinski definition) is 2. The number of carbonyl (C=O) groups excluding carboxylic acids is 1. The lowest BCUT2D eigenvalue weighted by Gasteiger charge is -2.37. The Bertz CT molecular complexity index is 990. The summed E-state index contributed by atoms with van der Waals surface area (Å²) in [6.07, 6.45) is 6.44. The standard InChI is InChI=1S/C22H28N6O2/c1-2-28(22(29)20-24-17-8-3-4-9-18(17)25-20)16-7-5-6-15(12-16)23-13-19-26-27-21(30-19)14-10-11-14/h3-4,8-9,14-16,23H,2,5-7,10-13H2,1H3,(H,24,25). The van der Waals surface area contributed by atoms with Gasteiger partial charge in [-0.05, 0) is 57.6 Å². The fraction of sp³-hybridized carbons (Fsp3) is 0.545. The van der Waals surface area contributed by atoms with E-state index in [-0.39, 0.29) is 11.9 Å². The summed E-state index contributed by atoms with van der Waals surface area (Å²) in [5, 5.41) is 11.9. The fourth-order valence-electron chi connectivity index (χ4n) is 4.46. The molecule has 1 amide bonds. The van der Waals surface area contributed by atoms with Gasteiger partial charge in [-0.3, -0.25) is 4.79 Å². The second-order valence-electron chi connectivity index (χ2n) is 8.40. The molecule has 1 aromatic carbocycles. The Balaban J connectivity index is 1.22. The van der Waals surface area contributed by atoms with E-state index in [0.717, 1.165) is 55.4 Å². The van der Waals surface area contributed by atoms with Crippen molar-refractivity contribution < 1.29 is 9.21 Å². The number of benzene rings is 1. The van der Waals surface area contributed by atoms with Crippen molar-refractivity contribution in [2.24, 2.45) is 0 Å². The van der Waals surface area contributed by atoms with Crippen LogP contribution in [-0.4, -0.2) is 49.6 Å². The number of H-pyrrole nitrogens is 1. The van der Waals surface area contributed by atoms with Crippen molar-refractivity contribution in [3.63, 3.8) is 0 Å². The highest BCUT2D eigenvalue weighted by atomic mass is 16.4. The molecule has 3 aromatic rings. The van der Waals surface area contributed by atoms with Crippen molar-refractivity contribution in [3.05, 3.63) is 41.9 Å². The summed E-state index contributed by atoms with van der Waals surface area (Å²) in [5.41, 5.74) is 1.72. The van der Waals surface area contributed by atoms with Gasteiger partial charge in [0.2, 0.25) is 11.8 Å². The Morgan fingerprint density at radius 3 is 2.90 bits per heavy atom. The highest BCUT2D eigenvalue weighted by Gasteiger charge is 2.31. The van der Waals surface area contributed by atoms with Crippen LogP contribution in [0.1, 0.15) is 73.8 Å². The topological polar surface area (TPSA) is 99.9 Å². The number of amides is 1. The molecule has 8 nitrogen and oxygen atoms in total. The maximum absolute atomic E-state index is 13.2. The van der Waals surface area contributed by atoms with E-state index in [1.807, 2.05) is 36.1 Å².